The minimum absolute atomic E-state index is 0.604. The summed E-state index contributed by atoms with van der Waals surface area (Å²) in [5, 5.41) is 5.66. The zero-order valence-corrected chi connectivity index (χ0v) is 25.8. The van der Waals surface area contributed by atoms with Crippen LogP contribution in [0.25, 0.3) is 88.7 Å². The lowest BCUT2D eigenvalue weighted by Crippen LogP contribution is -2.04. The summed E-state index contributed by atoms with van der Waals surface area (Å²) in [7, 11) is 0. The van der Waals surface area contributed by atoms with Gasteiger partial charge in [-0.1, -0.05) is 103 Å². The van der Waals surface area contributed by atoms with E-state index in [1.54, 1.807) is 0 Å². The van der Waals surface area contributed by atoms with Crippen molar-refractivity contribution in [2.75, 3.05) is 0 Å². The van der Waals surface area contributed by atoms with E-state index in [2.05, 4.69) is 130 Å². The lowest BCUT2D eigenvalue weighted by molar-refractivity contribution is 0.998. The summed E-state index contributed by atoms with van der Waals surface area (Å²) >= 11 is 0. The minimum atomic E-state index is 0.604. The van der Waals surface area contributed by atoms with Crippen LogP contribution < -0.4 is 0 Å². The Kier molecular flexibility index (Phi) is 5.81. The van der Waals surface area contributed by atoms with Gasteiger partial charge in [0, 0.05) is 44.4 Å². The zero-order valence-electron chi connectivity index (χ0n) is 25.8. The van der Waals surface area contributed by atoms with Crippen molar-refractivity contribution in [3.63, 3.8) is 0 Å². The smallest absolute Gasteiger partial charge is 0.237 e. The molecule has 0 radical (unpaired) electrons. The third-order valence-electron chi connectivity index (χ3n) is 9.39. The van der Waals surface area contributed by atoms with Gasteiger partial charge in [0.25, 0.3) is 0 Å². The van der Waals surface area contributed by atoms with Gasteiger partial charge in [-0.05, 0) is 65.7 Å². The summed E-state index contributed by atoms with van der Waals surface area (Å²) in [4.78, 5) is 15.2. The molecule has 0 bridgehead atoms. The van der Waals surface area contributed by atoms with Crippen molar-refractivity contribution < 1.29 is 0 Å². The first-order valence-corrected chi connectivity index (χ1v) is 16.1. The van der Waals surface area contributed by atoms with Crippen LogP contribution in [0, 0.1) is 0 Å². The van der Waals surface area contributed by atoms with Crippen LogP contribution in [0.5, 0.6) is 0 Å². The third-order valence-corrected chi connectivity index (χ3v) is 9.39. The fourth-order valence-electron chi connectivity index (χ4n) is 7.31. The Morgan fingerprint density at radius 2 is 1.15 bits per heavy atom. The van der Waals surface area contributed by atoms with Crippen LogP contribution in [-0.2, 0) is 0 Å². The van der Waals surface area contributed by atoms with E-state index in [-0.39, 0.29) is 0 Å². The second kappa shape index (κ2) is 10.5. The van der Waals surface area contributed by atoms with Gasteiger partial charge in [0.2, 0.25) is 5.95 Å². The molecule has 10 aromatic rings. The van der Waals surface area contributed by atoms with Gasteiger partial charge in [-0.25, -0.2) is 15.0 Å². The average molecular weight is 614 g/mol. The summed E-state index contributed by atoms with van der Waals surface area (Å²) in [6, 6.07) is 55.3. The fourth-order valence-corrected chi connectivity index (χ4v) is 7.31. The fraction of sp³-hybridized carbons (Fsp3) is 0. The van der Waals surface area contributed by atoms with Crippen molar-refractivity contribution in [3.8, 4) is 34.0 Å². The zero-order chi connectivity index (χ0) is 31.6. The number of nitrogens with zero attached hydrogens (tertiary/aromatic N) is 5. The molecule has 4 aromatic heterocycles. The van der Waals surface area contributed by atoms with E-state index >= 15 is 0 Å². The van der Waals surface area contributed by atoms with Gasteiger partial charge in [-0.3, -0.25) is 4.57 Å². The highest BCUT2D eigenvalue weighted by Gasteiger charge is 2.20. The Morgan fingerprint density at radius 1 is 0.438 bits per heavy atom. The molecule has 224 valence electrons. The van der Waals surface area contributed by atoms with E-state index in [4.69, 9.17) is 15.0 Å². The van der Waals surface area contributed by atoms with E-state index in [0.717, 1.165) is 55.3 Å². The summed E-state index contributed by atoms with van der Waals surface area (Å²) in [5.41, 5.74) is 10.6. The molecule has 0 aliphatic rings. The normalized spacial score (nSPS) is 11.8. The van der Waals surface area contributed by atoms with Gasteiger partial charge < -0.3 is 4.57 Å². The molecule has 0 saturated heterocycles. The Balaban J connectivity index is 1.23. The predicted octanol–water partition coefficient (Wildman–Crippen LogP) is 10.6. The van der Waals surface area contributed by atoms with Crippen molar-refractivity contribution >= 4 is 54.6 Å². The van der Waals surface area contributed by atoms with Crippen molar-refractivity contribution in [1.82, 2.24) is 24.1 Å². The van der Waals surface area contributed by atoms with Gasteiger partial charge in [-0.15, -0.1) is 0 Å². The van der Waals surface area contributed by atoms with Crippen LogP contribution >= 0.6 is 0 Å². The summed E-state index contributed by atoms with van der Waals surface area (Å²) in [5.74, 6) is 0.604. The summed E-state index contributed by atoms with van der Waals surface area (Å²) in [6.07, 6.45) is 1.84. The lowest BCUT2D eigenvalue weighted by Gasteiger charge is -2.11. The predicted molar refractivity (Wildman–Crippen MR) is 197 cm³/mol. The van der Waals surface area contributed by atoms with Crippen molar-refractivity contribution in [1.29, 1.82) is 0 Å². The Morgan fingerprint density at radius 3 is 2.02 bits per heavy atom. The molecule has 0 fully saturated rings. The van der Waals surface area contributed by atoms with Gasteiger partial charge >= 0.3 is 0 Å². The molecule has 0 amide bonds. The molecule has 0 saturated carbocycles. The van der Waals surface area contributed by atoms with E-state index in [9.17, 15) is 0 Å². The highest BCUT2D eigenvalue weighted by atomic mass is 15.2. The molecular weight excluding hydrogens is 587 g/mol. The molecule has 0 unspecified atom stereocenters. The van der Waals surface area contributed by atoms with E-state index < -0.39 is 0 Å². The molecule has 48 heavy (non-hydrogen) atoms. The van der Waals surface area contributed by atoms with Crippen LogP contribution in [0.15, 0.2) is 164 Å². The number of hydrogen-bond donors (Lipinski definition) is 0. The van der Waals surface area contributed by atoms with E-state index in [0.29, 0.717) is 5.95 Å². The largest absolute Gasteiger partial charge is 0.309 e. The van der Waals surface area contributed by atoms with Crippen LogP contribution in [0.4, 0.5) is 0 Å². The molecule has 0 aliphatic heterocycles. The molecule has 0 N–H and O–H groups in total. The van der Waals surface area contributed by atoms with Crippen molar-refractivity contribution in [2.24, 2.45) is 0 Å². The molecule has 6 aromatic carbocycles. The number of para-hydroxylation sites is 3. The molecule has 4 heterocycles. The molecule has 5 heteroatoms. The number of pyridine rings is 1. The molecule has 0 atom stereocenters. The average Bonchev–Trinajstić information content (AvgIpc) is 3.68. The highest BCUT2D eigenvalue weighted by Crippen LogP contribution is 2.41. The van der Waals surface area contributed by atoms with Gasteiger partial charge in [0.1, 0.15) is 5.65 Å². The number of hydrogen-bond acceptors (Lipinski definition) is 3. The number of benzene rings is 6. The molecular formula is C43H27N5. The number of fused-ring (bicyclic) bond motifs is 7. The number of rotatable bonds is 4. The first kappa shape index (κ1) is 26.6. The monoisotopic (exact) mass is 613 g/mol. The lowest BCUT2D eigenvalue weighted by atomic mass is 9.98. The SMILES string of the molecule is c1ccc(-c2nc(-n3c4ccc(-c5cccc6c5c5ccccc5n6-c5ccccc5)cc4c4cccnc43)nc3ccccc23)cc1. The van der Waals surface area contributed by atoms with Crippen LogP contribution in [-0.4, -0.2) is 24.1 Å². The highest BCUT2D eigenvalue weighted by molar-refractivity contribution is 6.17. The maximum atomic E-state index is 5.21. The number of aromatic nitrogens is 5. The molecule has 10 rings (SSSR count). The van der Waals surface area contributed by atoms with Gasteiger partial charge in [-0.2, -0.15) is 0 Å². The van der Waals surface area contributed by atoms with Crippen LogP contribution in [0.2, 0.25) is 0 Å². The van der Waals surface area contributed by atoms with Crippen molar-refractivity contribution in [3.05, 3.63) is 164 Å². The van der Waals surface area contributed by atoms with Crippen LogP contribution in [0.3, 0.4) is 0 Å². The van der Waals surface area contributed by atoms with Gasteiger partial charge in [0.15, 0.2) is 0 Å². The van der Waals surface area contributed by atoms with Crippen LogP contribution in [0.1, 0.15) is 0 Å². The third kappa shape index (κ3) is 3.94. The quantitative estimate of drug-likeness (QED) is 0.198. The second-order valence-electron chi connectivity index (χ2n) is 12.1. The van der Waals surface area contributed by atoms with Crippen molar-refractivity contribution in [2.45, 2.75) is 0 Å². The maximum Gasteiger partial charge on any atom is 0.237 e. The second-order valence-corrected chi connectivity index (χ2v) is 12.1. The maximum absolute atomic E-state index is 5.21. The Hall–Kier alpha value is -6.59. The first-order chi connectivity index (χ1) is 23.8. The Bertz CT molecular complexity index is 2830. The van der Waals surface area contributed by atoms with E-state index in [1.165, 1.54) is 27.4 Å². The molecule has 0 aliphatic carbocycles. The first-order valence-electron chi connectivity index (χ1n) is 16.1. The Labute approximate surface area is 276 Å². The topological polar surface area (TPSA) is 48.5 Å². The molecule has 0 spiro atoms. The summed E-state index contributed by atoms with van der Waals surface area (Å²) in [6.45, 7) is 0. The van der Waals surface area contributed by atoms with E-state index in [1.807, 2.05) is 42.6 Å². The minimum Gasteiger partial charge on any atom is -0.309 e. The van der Waals surface area contributed by atoms with Gasteiger partial charge in [0.05, 0.1) is 27.8 Å². The molecule has 5 nitrogen and oxygen atoms in total. The standard InChI is InChI=1S/C43H27N5/c1-3-13-28(14-4-1)41-33-17-7-9-21-36(33)45-43(46-41)48-38-25-24-29(27-35(38)32-20-12-26-44-42(32)48)31-19-11-23-39-40(31)34-18-8-10-22-37(34)47(39)30-15-5-2-6-16-30/h1-27H. The summed E-state index contributed by atoms with van der Waals surface area (Å²) < 4.78 is 4.47.